The van der Waals surface area contributed by atoms with Crippen LogP contribution in [0.15, 0.2) is 24.3 Å². The van der Waals surface area contributed by atoms with Crippen molar-refractivity contribution in [3.05, 3.63) is 35.4 Å². The lowest BCUT2D eigenvalue weighted by atomic mass is 9.71. The van der Waals surface area contributed by atoms with Crippen LogP contribution in [0.2, 0.25) is 0 Å². The molecule has 1 fully saturated rings. The Hall–Kier alpha value is -1.36. The Morgan fingerprint density at radius 3 is 2.35 bits per heavy atom. The zero-order valence-electron chi connectivity index (χ0n) is 14.1. The Labute approximate surface area is 135 Å². The maximum absolute atomic E-state index is 12.9. The van der Waals surface area contributed by atoms with Crippen LogP contribution in [0, 0.1) is 11.3 Å². The molecule has 2 rings (SSSR count). The van der Waals surface area contributed by atoms with Crippen LogP contribution in [0.3, 0.4) is 0 Å². The number of likely N-dealkylation sites (N-methyl/N-ethyl adjacent to an activating group) is 1. The summed E-state index contributed by atoms with van der Waals surface area (Å²) in [4.78, 5) is 15.0. The van der Waals surface area contributed by atoms with Gasteiger partial charge in [0.05, 0.1) is 11.5 Å². The van der Waals surface area contributed by atoms with E-state index in [4.69, 9.17) is 0 Å². The van der Waals surface area contributed by atoms with E-state index in [-0.39, 0.29) is 17.1 Å². The third-order valence-electron chi connectivity index (χ3n) is 4.68. The molecule has 1 heterocycles. The molecule has 0 saturated carbocycles. The zero-order valence-corrected chi connectivity index (χ0v) is 14.1. The zero-order chi connectivity index (χ0) is 17.4. The molecule has 0 radical (unpaired) electrons. The number of hydrogen-bond acceptors (Lipinski definition) is 2. The van der Waals surface area contributed by atoms with Crippen molar-refractivity contribution >= 4 is 5.78 Å². The lowest BCUT2D eigenvalue weighted by molar-refractivity contribution is -0.138. The molecule has 0 aliphatic carbocycles. The summed E-state index contributed by atoms with van der Waals surface area (Å²) >= 11 is 0. The van der Waals surface area contributed by atoms with Crippen molar-refractivity contribution in [1.82, 2.24) is 4.90 Å². The summed E-state index contributed by atoms with van der Waals surface area (Å²) in [6.45, 7) is 10.00. The van der Waals surface area contributed by atoms with Gasteiger partial charge in [0.25, 0.3) is 0 Å². The van der Waals surface area contributed by atoms with E-state index < -0.39 is 17.7 Å². The standard InChI is InChI=1S/C18H24F3NO/c1-5-22-10-14(16(23)15(11-22)17(2,3)4)12-7-6-8-13(9-12)18(19,20)21/h6-9,14-15H,5,10-11H2,1-4H3. The number of alkyl halides is 3. The predicted molar refractivity (Wildman–Crippen MR) is 84.3 cm³/mol. The molecular weight excluding hydrogens is 303 g/mol. The highest BCUT2D eigenvalue weighted by molar-refractivity contribution is 5.89. The number of benzene rings is 1. The van der Waals surface area contributed by atoms with E-state index in [1.165, 1.54) is 6.07 Å². The number of ketones is 1. The second-order valence-corrected chi connectivity index (χ2v) is 7.35. The Balaban J connectivity index is 2.39. The second kappa shape index (κ2) is 6.27. The van der Waals surface area contributed by atoms with E-state index in [2.05, 4.69) is 4.90 Å². The SMILES string of the molecule is CCN1CC(c2cccc(C(F)(F)F)c2)C(=O)C(C(C)(C)C)C1. The Morgan fingerprint density at radius 1 is 1.17 bits per heavy atom. The molecule has 0 amide bonds. The van der Waals surface area contributed by atoms with Crippen molar-refractivity contribution in [2.24, 2.45) is 11.3 Å². The van der Waals surface area contributed by atoms with Crippen LogP contribution in [0.1, 0.15) is 44.7 Å². The number of nitrogens with zero attached hydrogens (tertiary/aromatic N) is 1. The van der Waals surface area contributed by atoms with Gasteiger partial charge in [0.1, 0.15) is 5.78 Å². The minimum absolute atomic E-state index is 0.0570. The highest BCUT2D eigenvalue weighted by Gasteiger charge is 2.42. The lowest BCUT2D eigenvalue weighted by Crippen LogP contribution is -2.49. The second-order valence-electron chi connectivity index (χ2n) is 7.35. The molecule has 0 aromatic heterocycles. The summed E-state index contributed by atoms with van der Waals surface area (Å²) in [6, 6.07) is 5.20. The Morgan fingerprint density at radius 2 is 1.83 bits per heavy atom. The van der Waals surface area contributed by atoms with Crippen LogP contribution in [-0.4, -0.2) is 30.3 Å². The van der Waals surface area contributed by atoms with E-state index in [0.717, 1.165) is 18.7 Å². The normalized spacial score (nSPS) is 24.0. The van der Waals surface area contributed by atoms with E-state index in [1.54, 1.807) is 6.07 Å². The van der Waals surface area contributed by atoms with Gasteiger partial charge < -0.3 is 4.90 Å². The predicted octanol–water partition coefficient (Wildman–Crippen LogP) is 4.36. The summed E-state index contributed by atoms with van der Waals surface area (Å²) < 4.78 is 38.8. The summed E-state index contributed by atoms with van der Waals surface area (Å²) in [5.41, 5.74) is -0.425. The number of halogens is 3. The van der Waals surface area contributed by atoms with Gasteiger partial charge in [-0.25, -0.2) is 0 Å². The summed E-state index contributed by atoms with van der Waals surface area (Å²) in [5, 5.41) is 0. The number of carbonyl (C=O) groups is 1. The van der Waals surface area contributed by atoms with E-state index in [1.807, 2.05) is 27.7 Å². The number of carbonyl (C=O) groups excluding carboxylic acids is 1. The van der Waals surface area contributed by atoms with Crippen LogP contribution in [0.5, 0.6) is 0 Å². The first-order valence-corrected chi connectivity index (χ1v) is 7.97. The highest BCUT2D eigenvalue weighted by atomic mass is 19.4. The lowest BCUT2D eigenvalue weighted by Gasteiger charge is -2.42. The van der Waals surface area contributed by atoms with Gasteiger partial charge in [0.15, 0.2) is 0 Å². The molecule has 23 heavy (non-hydrogen) atoms. The molecule has 2 atom stereocenters. The summed E-state index contributed by atoms with van der Waals surface area (Å²) in [6.07, 6.45) is -4.39. The average Bonchev–Trinajstić information content (AvgIpc) is 2.45. The van der Waals surface area contributed by atoms with Gasteiger partial charge in [-0.1, -0.05) is 45.9 Å². The van der Waals surface area contributed by atoms with Gasteiger partial charge in [0.2, 0.25) is 0 Å². The molecule has 1 aliphatic heterocycles. The number of likely N-dealkylation sites (tertiary alicyclic amines) is 1. The van der Waals surface area contributed by atoms with Crippen LogP contribution >= 0.6 is 0 Å². The largest absolute Gasteiger partial charge is 0.416 e. The minimum atomic E-state index is -4.39. The monoisotopic (exact) mass is 327 g/mol. The Bertz CT molecular complexity index is 574. The maximum Gasteiger partial charge on any atom is 0.416 e. The molecule has 1 aromatic carbocycles. The first-order valence-electron chi connectivity index (χ1n) is 7.97. The quantitative estimate of drug-likeness (QED) is 0.804. The van der Waals surface area contributed by atoms with Crippen LogP contribution < -0.4 is 0 Å². The van der Waals surface area contributed by atoms with Crippen LogP contribution in [0.4, 0.5) is 13.2 Å². The molecule has 128 valence electrons. The fraction of sp³-hybridized carbons (Fsp3) is 0.611. The fourth-order valence-corrected chi connectivity index (χ4v) is 3.17. The summed E-state index contributed by atoms with van der Waals surface area (Å²) in [7, 11) is 0. The molecular formula is C18H24F3NO. The third-order valence-corrected chi connectivity index (χ3v) is 4.68. The third kappa shape index (κ3) is 3.94. The highest BCUT2D eigenvalue weighted by Crippen LogP contribution is 2.38. The summed E-state index contributed by atoms with van der Waals surface area (Å²) in [5.74, 6) is -0.604. The molecule has 1 aliphatic rings. The minimum Gasteiger partial charge on any atom is -0.302 e. The number of piperidine rings is 1. The van der Waals surface area contributed by atoms with Crippen molar-refractivity contribution in [3.8, 4) is 0 Å². The molecule has 5 heteroatoms. The number of Topliss-reactive ketones (excluding diaryl/α,β-unsaturated/α-hetero) is 1. The fourth-order valence-electron chi connectivity index (χ4n) is 3.17. The van der Waals surface area contributed by atoms with Crippen molar-refractivity contribution in [1.29, 1.82) is 0 Å². The molecule has 0 spiro atoms. The van der Waals surface area contributed by atoms with Crippen molar-refractivity contribution < 1.29 is 18.0 Å². The van der Waals surface area contributed by atoms with E-state index >= 15 is 0 Å². The molecule has 0 N–H and O–H groups in total. The van der Waals surface area contributed by atoms with Crippen molar-refractivity contribution in [2.45, 2.75) is 39.8 Å². The first kappa shape index (κ1) is 18.0. The molecule has 1 saturated heterocycles. The van der Waals surface area contributed by atoms with Gasteiger partial charge in [-0.3, -0.25) is 4.79 Å². The van der Waals surface area contributed by atoms with Gasteiger partial charge in [0, 0.05) is 19.0 Å². The topological polar surface area (TPSA) is 20.3 Å². The molecule has 0 bridgehead atoms. The van der Waals surface area contributed by atoms with E-state index in [9.17, 15) is 18.0 Å². The van der Waals surface area contributed by atoms with Gasteiger partial charge in [-0.15, -0.1) is 0 Å². The number of rotatable bonds is 2. The Kier molecular flexibility index (Phi) is 4.90. The first-order chi connectivity index (χ1) is 10.5. The molecule has 2 unspecified atom stereocenters. The van der Waals surface area contributed by atoms with E-state index in [0.29, 0.717) is 18.7 Å². The van der Waals surface area contributed by atoms with Gasteiger partial charge >= 0.3 is 6.18 Å². The van der Waals surface area contributed by atoms with Gasteiger partial charge in [-0.05, 0) is 23.6 Å². The van der Waals surface area contributed by atoms with Crippen molar-refractivity contribution in [3.63, 3.8) is 0 Å². The maximum atomic E-state index is 12.9. The average molecular weight is 327 g/mol. The molecule has 2 nitrogen and oxygen atoms in total. The smallest absolute Gasteiger partial charge is 0.302 e. The van der Waals surface area contributed by atoms with Crippen molar-refractivity contribution in [2.75, 3.05) is 19.6 Å². The van der Waals surface area contributed by atoms with Crippen LogP contribution in [-0.2, 0) is 11.0 Å². The van der Waals surface area contributed by atoms with Gasteiger partial charge in [-0.2, -0.15) is 13.2 Å². The number of hydrogen-bond donors (Lipinski definition) is 0. The van der Waals surface area contributed by atoms with Crippen LogP contribution in [0.25, 0.3) is 0 Å². The molecule has 1 aromatic rings.